The molecule has 1 aromatic heterocycles. The third-order valence-corrected chi connectivity index (χ3v) is 3.69. The van der Waals surface area contributed by atoms with Gasteiger partial charge < -0.3 is 19.5 Å². The van der Waals surface area contributed by atoms with Crippen molar-refractivity contribution in [3.8, 4) is 5.75 Å². The minimum absolute atomic E-state index is 0.490. The van der Waals surface area contributed by atoms with Crippen LogP contribution in [0.1, 0.15) is 18.6 Å². The standard InChI is InChI=1S/C17H26N6O/c1-5-18-17(19-13-16-21-20-14(2)23(16)4)22(3)11-12-24-15-9-7-6-8-10-15/h6-10H,5,11-13H2,1-4H3,(H,18,19). The largest absolute Gasteiger partial charge is 0.492 e. The maximum absolute atomic E-state index is 5.74. The molecule has 7 heteroatoms. The molecule has 130 valence electrons. The molecule has 0 unspecified atom stereocenters. The molecule has 0 fully saturated rings. The van der Waals surface area contributed by atoms with Gasteiger partial charge in [-0.3, -0.25) is 0 Å². The number of rotatable bonds is 7. The highest BCUT2D eigenvalue weighted by molar-refractivity contribution is 5.79. The SMILES string of the molecule is CCNC(=NCc1nnc(C)n1C)N(C)CCOc1ccccc1. The number of nitrogens with one attached hydrogen (secondary N) is 1. The van der Waals surface area contributed by atoms with Gasteiger partial charge in [0.05, 0.1) is 6.54 Å². The Morgan fingerprint density at radius 2 is 2.04 bits per heavy atom. The summed E-state index contributed by atoms with van der Waals surface area (Å²) in [6, 6.07) is 9.81. The van der Waals surface area contributed by atoms with Gasteiger partial charge in [0.15, 0.2) is 11.8 Å². The van der Waals surface area contributed by atoms with Gasteiger partial charge in [0, 0.05) is 20.6 Å². The fraction of sp³-hybridized carbons (Fsp3) is 0.471. The Bertz CT molecular complexity index is 652. The number of guanidine groups is 1. The molecule has 0 radical (unpaired) electrons. The highest BCUT2D eigenvalue weighted by Crippen LogP contribution is 2.08. The first-order valence-corrected chi connectivity index (χ1v) is 8.14. The molecule has 2 rings (SSSR count). The van der Waals surface area contributed by atoms with Gasteiger partial charge in [-0.15, -0.1) is 10.2 Å². The Kier molecular flexibility index (Phi) is 6.60. The number of para-hydroxylation sites is 1. The summed E-state index contributed by atoms with van der Waals surface area (Å²) in [5, 5.41) is 11.5. The molecule has 24 heavy (non-hydrogen) atoms. The lowest BCUT2D eigenvalue weighted by atomic mass is 10.3. The van der Waals surface area contributed by atoms with Crippen LogP contribution < -0.4 is 10.1 Å². The molecule has 1 heterocycles. The van der Waals surface area contributed by atoms with Crippen LogP contribution >= 0.6 is 0 Å². The second kappa shape index (κ2) is 8.90. The Morgan fingerprint density at radius 1 is 1.29 bits per heavy atom. The number of benzene rings is 1. The van der Waals surface area contributed by atoms with Gasteiger partial charge in [-0.1, -0.05) is 18.2 Å². The van der Waals surface area contributed by atoms with Crippen LogP contribution in [0, 0.1) is 6.92 Å². The van der Waals surface area contributed by atoms with Crippen molar-refractivity contribution < 1.29 is 4.74 Å². The predicted octanol–water partition coefficient (Wildman–Crippen LogP) is 1.60. The summed E-state index contributed by atoms with van der Waals surface area (Å²) in [4.78, 5) is 6.69. The monoisotopic (exact) mass is 330 g/mol. The Hall–Kier alpha value is -2.57. The highest BCUT2D eigenvalue weighted by Gasteiger charge is 2.08. The molecular weight excluding hydrogens is 304 g/mol. The van der Waals surface area contributed by atoms with Crippen LogP contribution in [-0.4, -0.2) is 52.4 Å². The molecule has 0 amide bonds. The summed E-state index contributed by atoms with van der Waals surface area (Å²) in [5.74, 6) is 3.43. The first-order chi connectivity index (χ1) is 11.6. The Labute approximate surface area is 143 Å². The fourth-order valence-corrected chi connectivity index (χ4v) is 2.13. The smallest absolute Gasteiger partial charge is 0.194 e. The van der Waals surface area contributed by atoms with E-state index in [0.29, 0.717) is 13.2 Å². The van der Waals surface area contributed by atoms with Crippen molar-refractivity contribution in [2.24, 2.45) is 12.0 Å². The summed E-state index contributed by atoms with van der Waals surface area (Å²) in [6.07, 6.45) is 0. The molecule has 0 saturated heterocycles. The Balaban J connectivity index is 1.90. The van der Waals surface area contributed by atoms with E-state index in [1.165, 1.54) is 0 Å². The second-order valence-corrected chi connectivity index (χ2v) is 5.48. The third-order valence-electron chi connectivity index (χ3n) is 3.69. The first-order valence-electron chi connectivity index (χ1n) is 8.14. The highest BCUT2D eigenvalue weighted by atomic mass is 16.5. The second-order valence-electron chi connectivity index (χ2n) is 5.48. The van der Waals surface area contributed by atoms with Crippen molar-refractivity contribution in [2.45, 2.75) is 20.4 Å². The van der Waals surface area contributed by atoms with Gasteiger partial charge in [0.2, 0.25) is 0 Å². The van der Waals surface area contributed by atoms with Gasteiger partial charge in [-0.25, -0.2) is 4.99 Å². The van der Waals surface area contributed by atoms with Crippen molar-refractivity contribution in [3.63, 3.8) is 0 Å². The number of aromatic nitrogens is 3. The van der Waals surface area contributed by atoms with Gasteiger partial charge in [0.1, 0.15) is 24.7 Å². The van der Waals surface area contributed by atoms with Crippen LogP contribution in [0.4, 0.5) is 0 Å². The zero-order valence-corrected chi connectivity index (χ0v) is 14.9. The number of hydrogen-bond donors (Lipinski definition) is 1. The maximum atomic E-state index is 5.74. The van der Waals surface area contributed by atoms with Crippen molar-refractivity contribution in [1.29, 1.82) is 0 Å². The van der Waals surface area contributed by atoms with Gasteiger partial charge in [-0.05, 0) is 26.0 Å². The molecule has 0 atom stereocenters. The van der Waals surface area contributed by atoms with Gasteiger partial charge in [-0.2, -0.15) is 0 Å². The van der Waals surface area contributed by atoms with E-state index in [0.717, 1.165) is 36.4 Å². The van der Waals surface area contributed by atoms with Gasteiger partial charge in [0.25, 0.3) is 0 Å². The number of likely N-dealkylation sites (N-methyl/N-ethyl adjacent to an activating group) is 1. The van der Waals surface area contributed by atoms with Crippen molar-refractivity contribution >= 4 is 5.96 Å². The molecular formula is C17H26N6O. The van der Waals surface area contributed by atoms with E-state index >= 15 is 0 Å². The summed E-state index contributed by atoms with van der Waals surface area (Å²) in [5.41, 5.74) is 0. The summed E-state index contributed by atoms with van der Waals surface area (Å²) >= 11 is 0. The zero-order valence-electron chi connectivity index (χ0n) is 14.9. The lowest BCUT2D eigenvalue weighted by Gasteiger charge is -2.22. The molecule has 0 aliphatic rings. The van der Waals surface area contributed by atoms with E-state index in [1.807, 2.05) is 55.9 Å². The molecule has 7 nitrogen and oxygen atoms in total. The average Bonchev–Trinajstić information content (AvgIpc) is 2.91. The summed E-state index contributed by atoms with van der Waals surface area (Å²) in [7, 11) is 3.95. The number of hydrogen-bond acceptors (Lipinski definition) is 4. The van der Waals surface area contributed by atoms with E-state index in [2.05, 4.69) is 32.3 Å². The van der Waals surface area contributed by atoms with Gasteiger partial charge >= 0.3 is 0 Å². The molecule has 0 saturated carbocycles. The topological polar surface area (TPSA) is 67.6 Å². The van der Waals surface area contributed by atoms with Crippen LogP contribution in [0.3, 0.4) is 0 Å². The van der Waals surface area contributed by atoms with Crippen molar-refractivity contribution in [2.75, 3.05) is 26.7 Å². The molecule has 0 spiro atoms. The quantitative estimate of drug-likeness (QED) is 0.617. The predicted molar refractivity (Wildman–Crippen MR) is 95.1 cm³/mol. The van der Waals surface area contributed by atoms with Crippen LogP contribution in [0.25, 0.3) is 0 Å². The molecule has 1 N–H and O–H groups in total. The summed E-state index contributed by atoms with van der Waals surface area (Å²) < 4.78 is 7.69. The Morgan fingerprint density at radius 3 is 2.67 bits per heavy atom. The van der Waals surface area contributed by atoms with E-state index in [-0.39, 0.29) is 0 Å². The minimum atomic E-state index is 0.490. The third kappa shape index (κ3) is 4.97. The molecule has 0 aliphatic carbocycles. The number of nitrogens with zero attached hydrogens (tertiary/aromatic N) is 5. The molecule has 1 aromatic carbocycles. The van der Waals surface area contributed by atoms with Crippen molar-refractivity contribution in [1.82, 2.24) is 25.0 Å². The number of aryl methyl sites for hydroxylation is 1. The normalized spacial score (nSPS) is 11.4. The van der Waals surface area contributed by atoms with E-state index < -0.39 is 0 Å². The van der Waals surface area contributed by atoms with Crippen LogP contribution in [0.15, 0.2) is 35.3 Å². The lowest BCUT2D eigenvalue weighted by molar-refractivity contribution is 0.281. The number of ether oxygens (including phenoxy) is 1. The molecule has 2 aromatic rings. The van der Waals surface area contributed by atoms with E-state index in [9.17, 15) is 0 Å². The first kappa shape index (κ1) is 17.8. The lowest BCUT2D eigenvalue weighted by Crippen LogP contribution is -2.40. The summed E-state index contributed by atoms with van der Waals surface area (Å²) in [6.45, 7) is 6.60. The number of aliphatic imine (C=N–C) groups is 1. The van der Waals surface area contributed by atoms with Crippen LogP contribution in [0.5, 0.6) is 5.75 Å². The maximum Gasteiger partial charge on any atom is 0.194 e. The van der Waals surface area contributed by atoms with E-state index in [4.69, 9.17) is 4.74 Å². The fourth-order valence-electron chi connectivity index (χ4n) is 2.13. The van der Waals surface area contributed by atoms with Crippen LogP contribution in [0.2, 0.25) is 0 Å². The molecule has 0 aliphatic heterocycles. The van der Waals surface area contributed by atoms with Crippen molar-refractivity contribution in [3.05, 3.63) is 42.0 Å². The average molecular weight is 330 g/mol. The van der Waals surface area contributed by atoms with Crippen LogP contribution in [-0.2, 0) is 13.6 Å². The zero-order chi connectivity index (χ0) is 17.4. The molecule has 0 bridgehead atoms. The van der Waals surface area contributed by atoms with E-state index in [1.54, 1.807) is 0 Å². The minimum Gasteiger partial charge on any atom is -0.492 e.